The van der Waals surface area contributed by atoms with Crippen molar-refractivity contribution in [2.45, 2.75) is 19.0 Å². The Morgan fingerprint density at radius 2 is 1.58 bits per heavy atom. The van der Waals surface area contributed by atoms with Crippen molar-refractivity contribution in [2.75, 3.05) is 24.2 Å². The van der Waals surface area contributed by atoms with E-state index in [0.717, 1.165) is 16.1 Å². The third-order valence-corrected chi connectivity index (χ3v) is 8.21. The minimum Gasteiger partial charge on any atom is -0.357 e. The molecule has 3 aromatic rings. The van der Waals surface area contributed by atoms with E-state index in [-0.39, 0.29) is 28.7 Å². The van der Waals surface area contributed by atoms with Crippen LogP contribution in [0.25, 0.3) is 0 Å². The maximum atomic E-state index is 13.9. The van der Waals surface area contributed by atoms with Gasteiger partial charge in [0.1, 0.15) is 12.6 Å². The van der Waals surface area contributed by atoms with Crippen LogP contribution in [-0.4, -0.2) is 51.0 Å². The highest BCUT2D eigenvalue weighted by molar-refractivity contribution is 7.92. The first-order chi connectivity index (χ1) is 17.9. The van der Waals surface area contributed by atoms with Crippen LogP contribution in [0.4, 0.5) is 5.69 Å². The van der Waals surface area contributed by atoms with Gasteiger partial charge in [0, 0.05) is 30.1 Å². The van der Waals surface area contributed by atoms with E-state index in [1.54, 1.807) is 12.1 Å². The van der Waals surface area contributed by atoms with E-state index in [1.165, 1.54) is 36.2 Å². The first-order valence-electron chi connectivity index (χ1n) is 11.3. The van der Waals surface area contributed by atoms with Crippen LogP contribution in [-0.2, 0) is 32.6 Å². The van der Waals surface area contributed by atoms with Crippen molar-refractivity contribution in [1.82, 2.24) is 10.2 Å². The maximum Gasteiger partial charge on any atom is 0.244 e. The predicted molar refractivity (Wildman–Crippen MR) is 154 cm³/mol. The number of sulfonamides is 1. The van der Waals surface area contributed by atoms with Gasteiger partial charge in [-0.05, 0) is 41.5 Å². The van der Waals surface area contributed by atoms with Gasteiger partial charge in [0.15, 0.2) is 0 Å². The molecule has 0 saturated carbocycles. The normalized spacial score (nSPS) is 12.1. The van der Waals surface area contributed by atoms with Crippen LogP contribution in [0.3, 0.4) is 0 Å². The number of amides is 2. The lowest BCUT2D eigenvalue weighted by atomic mass is 10.0. The summed E-state index contributed by atoms with van der Waals surface area (Å²) >= 11 is 24.6. The Balaban J connectivity index is 2.06. The molecular formula is C26H25Cl4N3O4S. The molecule has 0 heterocycles. The Hall–Kier alpha value is -2.49. The molecule has 202 valence electrons. The Bertz CT molecular complexity index is 1420. The summed E-state index contributed by atoms with van der Waals surface area (Å²) < 4.78 is 26.4. The standard InChI is InChI=1S/C26H25Cl4N3O4S/c1-31-26(35)24(12-17-6-4-3-5-7-17)32(15-18-8-9-19(27)13-22(18)29)25(34)16-33(38(2,36)37)20-10-11-21(28)23(30)14-20/h3-11,13-14,24H,12,15-16H2,1-2H3,(H,31,35)/t24-/m0/s1. The summed E-state index contributed by atoms with van der Waals surface area (Å²) in [7, 11) is -2.46. The minimum absolute atomic E-state index is 0.0707. The topological polar surface area (TPSA) is 86.8 Å². The van der Waals surface area contributed by atoms with Crippen molar-refractivity contribution >= 4 is 73.9 Å². The van der Waals surface area contributed by atoms with Crippen molar-refractivity contribution in [3.63, 3.8) is 0 Å². The van der Waals surface area contributed by atoms with E-state index in [1.807, 2.05) is 30.3 Å². The van der Waals surface area contributed by atoms with E-state index in [0.29, 0.717) is 15.6 Å². The van der Waals surface area contributed by atoms with Gasteiger partial charge in [-0.15, -0.1) is 0 Å². The molecular weight excluding hydrogens is 592 g/mol. The fourth-order valence-corrected chi connectivity index (χ4v) is 5.41. The third kappa shape index (κ3) is 7.77. The number of likely N-dealkylation sites (N-methyl/N-ethyl adjacent to an activating group) is 1. The smallest absolute Gasteiger partial charge is 0.244 e. The zero-order chi connectivity index (χ0) is 28.0. The highest BCUT2D eigenvalue weighted by Gasteiger charge is 2.33. The molecule has 0 bridgehead atoms. The number of nitrogens with one attached hydrogen (secondary N) is 1. The second kappa shape index (κ2) is 13.0. The lowest BCUT2D eigenvalue weighted by Gasteiger charge is -2.33. The first kappa shape index (κ1) is 30.1. The van der Waals surface area contributed by atoms with Gasteiger partial charge in [-0.2, -0.15) is 0 Å². The van der Waals surface area contributed by atoms with E-state index in [9.17, 15) is 18.0 Å². The summed E-state index contributed by atoms with van der Waals surface area (Å²) in [5.41, 5.74) is 1.50. The van der Waals surface area contributed by atoms with Gasteiger partial charge in [-0.3, -0.25) is 13.9 Å². The molecule has 3 rings (SSSR count). The highest BCUT2D eigenvalue weighted by Crippen LogP contribution is 2.29. The highest BCUT2D eigenvalue weighted by atomic mass is 35.5. The molecule has 0 spiro atoms. The van der Waals surface area contributed by atoms with Crippen LogP contribution < -0.4 is 9.62 Å². The number of benzene rings is 3. The number of rotatable bonds is 10. The zero-order valence-electron chi connectivity index (χ0n) is 20.5. The number of hydrogen-bond acceptors (Lipinski definition) is 4. The quantitative estimate of drug-likeness (QED) is 0.328. The average Bonchev–Trinajstić information content (AvgIpc) is 2.87. The fraction of sp³-hybridized carbons (Fsp3) is 0.231. The molecule has 0 saturated heterocycles. The Morgan fingerprint density at radius 3 is 2.16 bits per heavy atom. The number of nitrogens with zero attached hydrogens (tertiary/aromatic N) is 2. The molecule has 1 atom stereocenters. The summed E-state index contributed by atoms with van der Waals surface area (Å²) in [6.45, 7) is -0.664. The SMILES string of the molecule is CNC(=O)[C@H](Cc1ccccc1)N(Cc1ccc(Cl)cc1Cl)C(=O)CN(c1ccc(Cl)c(Cl)c1)S(C)(=O)=O. The van der Waals surface area contributed by atoms with Crippen LogP contribution in [0, 0.1) is 0 Å². The fourth-order valence-electron chi connectivity index (χ4n) is 3.81. The molecule has 0 aliphatic carbocycles. The van der Waals surface area contributed by atoms with Gasteiger partial charge < -0.3 is 10.2 Å². The van der Waals surface area contributed by atoms with E-state index in [4.69, 9.17) is 46.4 Å². The molecule has 0 aromatic heterocycles. The molecule has 38 heavy (non-hydrogen) atoms. The van der Waals surface area contributed by atoms with Gasteiger partial charge in [-0.25, -0.2) is 8.42 Å². The molecule has 0 aliphatic heterocycles. The summed E-state index contributed by atoms with van der Waals surface area (Å²) in [5.74, 6) is -1.05. The average molecular weight is 617 g/mol. The number of hydrogen-bond donors (Lipinski definition) is 1. The summed E-state index contributed by atoms with van der Waals surface area (Å²) in [6.07, 6.45) is 1.16. The molecule has 1 N–H and O–H groups in total. The van der Waals surface area contributed by atoms with Crippen LogP contribution in [0.15, 0.2) is 66.7 Å². The molecule has 7 nitrogen and oxygen atoms in total. The summed E-state index contributed by atoms with van der Waals surface area (Å²) in [6, 6.07) is 17.3. The lowest BCUT2D eigenvalue weighted by molar-refractivity contribution is -0.139. The number of carbonyl (C=O) groups is 2. The molecule has 0 radical (unpaired) electrons. The van der Waals surface area contributed by atoms with E-state index in [2.05, 4.69) is 5.32 Å². The van der Waals surface area contributed by atoms with E-state index < -0.39 is 34.4 Å². The van der Waals surface area contributed by atoms with Crippen molar-refractivity contribution < 1.29 is 18.0 Å². The number of anilines is 1. The molecule has 0 aliphatic rings. The summed E-state index contributed by atoms with van der Waals surface area (Å²) in [5, 5.41) is 3.68. The molecule has 0 unspecified atom stereocenters. The maximum absolute atomic E-state index is 13.9. The second-order valence-electron chi connectivity index (χ2n) is 8.45. The number of halogens is 4. The van der Waals surface area contributed by atoms with Crippen molar-refractivity contribution in [2.24, 2.45) is 0 Å². The Kier molecular flexibility index (Phi) is 10.3. The van der Waals surface area contributed by atoms with Crippen molar-refractivity contribution in [1.29, 1.82) is 0 Å². The van der Waals surface area contributed by atoms with Crippen molar-refractivity contribution in [3.05, 3.63) is 97.9 Å². The second-order valence-corrected chi connectivity index (χ2v) is 12.0. The monoisotopic (exact) mass is 615 g/mol. The Morgan fingerprint density at radius 1 is 0.895 bits per heavy atom. The summed E-state index contributed by atoms with van der Waals surface area (Å²) in [4.78, 5) is 28.3. The van der Waals surface area contributed by atoms with Crippen LogP contribution in [0.1, 0.15) is 11.1 Å². The van der Waals surface area contributed by atoms with Gasteiger partial charge >= 0.3 is 0 Å². The molecule has 3 aromatic carbocycles. The van der Waals surface area contributed by atoms with Gasteiger partial charge in [0.25, 0.3) is 0 Å². The molecule has 0 fully saturated rings. The van der Waals surface area contributed by atoms with Crippen molar-refractivity contribution in [3.8, 4) is 0 Å². The molecule has 12 heteroatoms. The van der Waals surface area contributed by atoms with Gasteiger partial charge in [0.2, 0.25) is 21.8 Å². The van der Waals surface area contributed by atoms with Gasteiger partial charge in [0.05, 0.1) is 22.0 Å². The van der Waals surface area contributed by atoms with Crippen LogP contribution in [0.5, 0.6) is 0 Å². The van der Waals surface area contributed by atoms with E-state index >= 15 is 0 Å². The number of carbonyl (C=O) groups excluding carboxylic acids is 2. The first-order valence-corrected chi connectivity index (χ1v) is 14.7. The van der Waals surface area contributed by atoms with Crippen LogP contribution in [0.2, 0.25) is 20.1 Å². The molecule has 2 amide bonds. The van der Waals surface area contributed by atoms with Crippen LogP contribution >= 0.6 is 46.4 Å². The zero-order valence-corrected chi connectivity index (χ0v) is 24.3. The largest absolute Gasteiger partial charge is 0.357 e. The Labute approximate surface area is 242 Å². The minimum atomic E-state index is -3.93. The predicted octanol–water partition coefficient (Wildman–Crippen LogP) is 5.45. The van der Waals surface area contributed by atoms with Gasteiger partial charge in [-0.1, -0.05) is 82.8 Å². The third-order valence-electron chi connectivity index (χ3n) is 5.74. The lowest BCUT2D eigenvalue weighted by Crippen LogP contribution is -2.52.